The summed E-state index contributed by atoms with van der Waals surface area (Å²) in [6, 6.07) is 7.74. The first-order valence-corrected chi connectivity index (χ1v) is 8.27. The van der Waals surface area contributed by atoms with Crippen LogP contribution in [0.3, 0.4) is 0 Å². The number of benzene rings is 1. The number of nitrogens with one attached hydrogen (secondary N) is 1. The summed E-state index contributed by atoms with van der Waals surface area (Å²) in [5.74, 6) is 1.73. The second kappa shape index (κ2) is 7.27. The lowest BCUT2D eigenvalue weighted by molar-refractivity contribution is 0.0948. The lowest BCUT2D eigenvalue weighted by Gasteiger charge is -2.26. The summed E-state index contributed by atoms with van der Waals surface area (Å²) >= 11 is 2.21. The first-order valence-electron chi connectivity index (χ1n) is 7.19. The number of hydrogen-bond acceptors (Lipinski definition) is 1. The maximum absolute atomic E-state index is 12.1. The van der Waals surface area contributed by atoms with E-state index in [4.69, 9.17) is 0 Å². The van der Waals surface area contributed by atoms with Crippen LogP contribution in [-0.2, 0) is 0 Å². The van der Waals surface area contributed by atoms with E-state index in [0.717, 1.165) is 33.9 Å². The molecule has 1 aromatic carbocycles. The van der Waals surface area contributed by atoms with Crippen LogP contribution in [0, 0.1) is 15.4 Å². The summed E-state index contributed by atoms with van der Waals surface area (Å²) in [6.45, 7) is 3.15. The second-order valence-corrected chi connectivity index (χ2v) is 6.82. The van der Waals surface area contributed by atoms with Crippen LogP contribution in [0.2, 0.25) is 0 Å². The fourth-order valence-electron chi connectivity index (χ4n) is 2.95. The summed E-state index contributed by atoms with van der Waals surface area (Å²) in [5.41, 5.74) is 0.792. The van der Waals surface area contributed by atoms with Gasteiger partial charge in [-0.05, 0) is 59.4 Å². The molecule has 2 rings (SSSR count). The number of carbonyl (C=O) groups excluding carboxylic acids is 1. The van der Waals surface area contributed by atoms with E-state index in [1.165, 1.54) is 25.7 Å². The van der Waals surface area contributed by atoms with E-state index in [0.29, 0.717) is 0 Å². The van der Waals surface area contributed by atoms with E-state index in [1.807, 2.05) is 24.3 Å². The van der Waals surface area contributed by atoms with E-state index < -0.39 is 0 Å². The van der Waals surface area contributed by atoms with E-state index >= 15 is 0 Å². The van der Waals surface area contributed by atoms with E-state index in [1.54, 1.807) is 0 Å². The monoisotopic (exact) mass is 371 g/mol. The molecule has 0 aromatic heterocycles. The molecule has 1 amide bonds. The molecule has 0 heterocycles. The molecule has 0 bridgehead atoms. The van der Waals surface area contributed by atoms with Crippen molar-refractivity contribution in [3.8, 4) is 0 Å². The quantitative estimate of drug-likeness (QED) is 0.789. The van der Waals surface area contributed by atoms with Crippen LogP contribution in [0.5, 0.6) is 0 Å². The van der Waals surface area contributed by atoms with Crippen molar-refractivity contribution in [1.29, 1.82) is 0 Å². The molecule has 0 saturated heterocycles. The minimum atomic E-state index is 0.0638. The Morgan fingerprint density at radius 3 is 2.89 bits per heavy atom. The molecule has 3 heteroatoms. The molecule has 2 nitrogen and oxygen atoms in total. The summed E-state index contributed by atoms with van der Waals surface area (Å²) in [4.78, 5) is 12.1. The van der Waals surface area contributed by atoms with Gasteiger partial charge in [-0.3, -0.25) is 4.79 Å². The molecule has 2 unspecified atom stereocenters. The highest BCUT2D eigenvalue weighted by Gasteiger charge is 2.18. The van der Waals surface area contributed by atoms with Crippen LogP contribution < -0.4 is 5.32 Å². The van der Waals surface area contributed by atoms with Crippen molar-refractivity contribution < 1.29 is 4.79 Å². The fraction of sp³-hybridized carbons (Fsp3) is 0.562. The van der Waals surface area contributed by atoms with Crippen molar-refractivity contribution in [2.45, 2.75) is 39.0 Å². The zero-order valence-electron chi connectivity index (χ0n) is 11.5. The van der Waals surface area contributed by atoms with Crippen molar-refractivity contribution in [3.05, 3.63) is 33.4 Å². The fourth-order valence-corrected chi connectivity index (χ4v) is 3.58. The van der Waals surface area contributed by atoms with Crippen molar-refractivity contribution in [2.24, 2.45) is 11.8 Å². The zero-order chi connectivity index (χ0) is 13.7. The van der Waals surface area contributed by atoms with Gasteiger partial charge in [0.25, 0.3) is 5.91 Å². The Bertz CT molecular complexity index is 433. The molecular formula is C16H22INO. The normalized spacial score (nSPS) is 23.1. The zero-order valence-corrected chi connectivity index (χ0v) is 13.7. The summed E-state index contributed by atoms with van der Waals surface area (Å²) in [5, 5.41) is 3.06. The van der Waals surface area contributed by atoms with Gasteiger partial charge >= 0.3 is 0 Å². The van der Waals surface area contributed by atoms with Gasteiger partial charge in [0.2, 0.25) is 0 Å². The molecule has 0 aliphatic heterocycles. The molecule has 1 aliphatic carbocycles. The minimum absolute atomic E-state index is 0.0638. The lowest BCUT2D eigenvalue weighted by Crippen LogP contribution is -2.27. The van der Waals surface area contributed by atoms with Crippen LogP contribution >= 0.6 is 22.6 Å². The predicted molar refractivity (Wildman–Crippen MR) is 87.2 cm³/mol. The van der Waals surface area contributed by atoms with Gasteiger partial charge < -0.3 is 5.32 Å². The maximum Gasteiger partial charge on any atom is 0.252 e. The van der Waals surface area contributed by atoms with Gasteiger partial charge in [0.05, 0.1) is 5.56 Å². The van der Waals surface area contributed by atoms with Gasteiger partial charge in [-0.2, -0.15) is 0 Å². The number of amides is 1. The molecule has 1 aromatic rings. The Morgan fingerprint density at radius 1 is 1.37 bits per heavy atom. The topological polar surface area (TPSA) is 29.1 Å². The summed E-state index contributed by atoms with van der Waals surface area (Å²) < 4.78 is 1.02. The highest BCUT2D eigenvalue weighted by molar-refractivity contribution is 14.1. The highest BCUT2D eigenvalue weighted by Crippen LogP contribution is 2.30. The number of hydrogen-bond donors (Lipinski definition) is 1. The van der Waals surface area contributed by atoms with Gasteiger partial charge in [0.1, 0.15) is 0 Å². The Morgan fingerprint density at radius 2 is 2.16 bits per heavy atom. The first kappa shape index (κ1) is 14.8. The van der Waals surface area contributed by atoms with Gasteiger partial charge in [-0.15, -0.1) is 0 Å². The van der Waals surface area contributed by atoms with Crippen LogP contribution in [0.25, 0.3) is 0 Å². The second-order valence-electron chi connectivity index (χ2n) is 5.66. The molecule has 0 radical (unpaired) electrons. The number of rotatable bonds is 4. The number of halogens is 1. The van der Waals surface area contributed by atoms with Gasteiger partial charge in [-0.1, -0.05) is 38.3 Å². The third-order valence-corrected chi connectivity index (χ3v) is 4.94. The Labute approximate surface area is 129 Å². The van der Waals surface area contributed by atoms with Gasteiger partial charge in [0, 0.05) is 10.1 Å². The van der Waals surface area contributed by atoms with Crippen LogP contribution in [0.4, 0.5) is 0 Å². The highest BCUT2D eigenvalue weighted by atomic mass is 127. The summed E-state index contributed by atoms with van der Waals surface area (Å²) in [7, 11) is 0. The van der Waals surface area contributed by atoms with E-state index in [-0.39, 0.29) is 5.91 Å². The van der Waals surface area contributed by atoms with E-state index in [2.05, 4.69) is 34.8 Å². The predicted octanol–water partition coefficient (Wildman–Crippen LogP) is 4.24. The summed E-state index contributed by atoms with van der Waals surface area (Å²) in [6.07, 6.45) is 6.53. The molecule has 1 N–H and O–H groups in total. The standard InChI is InChI=1S/C16H22INO/c1-12-5-4-6-13(11-12)9-10-18-16(19)14-7-2-3-8-15(14)17/h2-3,7-8,12-13H,4-6,9-11H2,1H3,(H,18,19). The molecule has 0 spiro atoms. The van der Waals surface area contributed by atoms with Gasteiger partial charge in [-0.25, -0.2) is 0 Å². The van der Waals surface area contributed by atoms with Crippen LogP contribution in [-0.4, -0.2) is 12.5 Å². The Kier molecular flexibility index (Phi) is 5.67. The minimum Gasteiger partial charge on any atom is -0.352 e. The van der Waals surface area contributed by atoms with Crippen LogP contribution in [0.15, 0.2) is 24.3 Å². The smallest absolute Gasteiger partial charge is 0.252 e. The molecule has 2 atom stereocenters. The number of carbonyl (C=O) groups is 1. The molecule has 1 fully saturated rings. The average Bonchev–Trinajstić information content (AvgIpc) is 2.39. The SMILES string of the molecule is CC1CCCC(CCNC(=O)c2ccccc2I)C1. The van der Waals surface area contributed by atoms with Crippen molar-refractivity contribution in [2.75, 3.05) is 6.54 Å². The largest absolute Gasteiger partial charge is 0.352 e. The van der Waals surface area contributed by atoms with Crippen LogP contribution in [0.1, 0.15) is 49.4 Å². The average molecular weight is 371 g/mol. The molecule has 1 aliphatic rings. The first-order chi connectivity index (χ1) is 9.16. The van der Waals surface area contributed by atoms with E-state index in [9.17, 15) is 4.79 Å². The van der Waals surface area contributed by atoms with Crippen molar-refractivity contribution >= 4 is 28.5 Å². The van der Waals surface area contributed by atoms with Crippen molar-refractivity contribution in [1.82, 2.24) is 5.32 Å². The molecule has 19 heavy (non-hydrogen) atoms. The Hall–Kier alpha value is -0.580. The Balaban J connectivity index is 1.76. The lowest BCUT2D eigenvalue weighted by atomic mass is 9.81. The van der Waals surface area contributed by atoms with Crippen molar-refractivity contribution in [3.63, 3.8) is 0 Å². The molecule has 104 valence electrons. The molecule has 1 saturated carbocycles. The van der Waals surface area contributed by atoms with Gasteiger partial charge in [0.15, 0.2) is 0 Å². The molecular weight excluding hydrogens is 349 g/mol. The third kappa shape index (κ3) is 4.48. The third-order valence-electron chi connectivity index (χ3n) is 4.00. The maximum atomic E-state index is 12.1.